The maximum Gasteiger partial charge on any atom is 0.271 e. The number of benzene rings is 1. The van der Waals surface area contributed by atoms with E-state index in [1.165, 1.54) is 12.7 Å². The maximum absolute atomic E-state index is 12.4. The van der Waals surface area contributed by atoms with E-state index in [9.17, 15) is 4.79 Å². The standard InChI is InChI=1S/C25H29N9O2/c1-32-8-10-34(11-9-32)14-16-4-6-17(7-5-16)29-24-22(23(26)35)30-21(25(31-24)36-3)18-12-27-13-19-20(18)28-15-33(19)2/h4-7,12-13,15H,8-11,14H2,1-3H3,(H2,26,35)(H,29,31). The summed E-state index contributed by atoms with van der Waals surface area (Å²) in [5, 5.41) is 3.18. The first-order valence-corrected chi connectivity index (χ1v) is 11.7. The van der Waals surface area contributed by atoms with Gasteiger partial charge >= 0.3 is 0 Å². The van der Waals surface area contributed by atoms with Crippen molar-refractivity contribution in [3.63, 3.8) is 0 Å². The van der Waals surface area contributed by atoms with Crippen LogP contribution in [0.3, 0.4) is 0 Å². The van der Waals surface area contributed by atoms with E-state index in [-0.39, 0.29) is 17.4 Å². The van der Waals surface area contributed by atoms with Crippen LogP contribution < -0.4 is 15.8 Å². The summed E-state index contributed by atoms with van der Waals surface area (Å²) in [4.78, 5) is 35.0. The van der Waals surface area contributed by atoms with Crippen molar-refractivity contribution < 1.29 is 9.53 Å². The molecule has 0 bridgehead atoms. The molecule has 3 N–H and O–H groups in total. The number of ether oxygens (including phenoxy) is 1. The second-order valence-corrected chi connectivity index (χ2v) is 8.95. The van der Waals surface area contributed by atoms with Gasteiger partial charge in [0.05, 0.1) is 30.7 Å². The average molecular weight is 488 g/mol. The first-order valence-electron chi connectivity index (χ1n) is 11.7. The Morgan fingerprint density at radius 3 is 2.53 bits per heavy atom. The number of carbonyl (C=O) groups excluding carboxylic acids is 1. The lowest BCUT2D eigenvalue weighted by molar-refractivity contribution is 0.0996. The van der Waals surface area contributed by atoms with Crippen molar-refractivity contribution in [1.82, 2.24) is 34.3 Å². The molecular formula is C25H29N9O2. The molecular weight excluding hydrogens is 458 g/mol. The van der Waals surface area contributed by atoms with E-state index < -0.39 is 5.91 Å². The zero-order valence-electron chi connectivity index (χ0n) is 20.6. The summed E-state index contributed by atoms with van der Waals surface area (Å²) >= 11 is 0. The number of amides is 1. The van der Waals surface area contributed by atoms with Gasteiger partial charge in [-0.3, -0.25) is 14.7 Å². The highest BCUT2D eigenvalue weighted by molar-refractivity contribution is 5.98. The van der Waals surface area contributed by atoms with Gasteiger partial charge in [0.15, 0.2) is 11.5 Å². The zero-order valence-corrected chi connectivity index (χ0v) is 20.6. The smallest absolute Gasteiger partial charge is 0.271 e. The molecule has 3 aromatic heterocycles. The Kier molecular flexibility index (Phi) is 6.49. The Hall–Kier alpha value is -4.09. The molecule has 1 saturated heterocycles. The van der Waals surface area contributed by atoms with Gasteiger partial charge in [-0.1, -0.05) is 12.1 Å². The number of pyridine rings is 1. The van der Waals surface area contributed by atoms with Gasteiger partial charge in [0, 0.05) is 51.7 Å². The van der Waals surface area contributed by atoms with Crippen LogP contribution in [0.25, 0.3) is 22.3 Å². The van der Waals surface area contributed by atoms with Crippen LogP contribution >= 0.6 is 0 Å². The van der Waals surface area contributed by atoms with Crippen molar-refractivity contribution in [2.75, 3.05) is 45.7 Å². The molecule has 1 aliphatic rings. The number of nitrogens with zero attached hydrogens (tertiary/aromatic N) is 7. The molecule has 0 spiro atoms. The van der Waals surface area contributed by atoms with Gasteiger partial charge in [0.25, 0.3) is 5.91 Å². The van der Waals surface area contributed by atoms with E-state index in [4.69, 9.17) is 10.5 Å². The van der Waals surface area contributed by atoms with Crippen molar-refractivity contribution in [3.05, 3.63) is 54.2 Å². The summed E-state index contributed by atoms with van der Waals surface area (Å²) in [5.41, 5.74) is 10.1. The van der Waals surface area contributed by atoms with Crippen LogP contribution in [-0.4, -0.2) is 80.5 Å². The highest BCUT2D eigenvalue weighted by Crippen LogP contribution is 2.33. The SMILES string of the molecule is COc1nc(Nc2ccc(CN3CCN(C)CC3)cc2)c(C(N)=O)nc1-c1cncc2c1ncn2C. The molecule has 0 unspecified atom stereocenters. The molecule has 1 aliphatic heterocycles. The molecule has 186 valence electrons. The molecule has 0 radical (unpaired) electrons. The van der Waals surface area contributed by atoms with Crippen molar-refractivity contribution in [1.29, 1.82) is 0 Å². The van der Waals surface area contributed by atoms with Crippen molar-refractivity contribution >= 4 is 28.4 Å². The third-order valence-corrected chi connectivity index (χ3v) is 6.40. The van der Waals surface area contributed by atoms with Gasteiger partial charge in [-0.25, -0.2) is 9.97 Å². The number of likely N-dealkylation sites (N-methyl/N-ethyl adjacent to an activating group) is 1. The van der Waals surface area contributed by atoms with Crippen LogP contribution in [-0.2, 0) is 13.6 Å². The molecule has 0 saturated carbocycles. The predicted octanol–water partition coefficient (Wildman–Crippen LogP) is 2.02. The first-order chi connectivity index (χ1) is 17.4. The van der Waals surface area contributed by atoms with Gasteiger partial charge in [0.1, 0.15) is 11.2 Å². The van der Waals surface area contributed by atoms with E-state index in [1.807, 2.05) is 23.7 Å². The summed E-state index contributed by atoms with van der Waals surface area (Å²) in [7, 11) is 5.53. The fourth-order valence-electron chi connectivity index (χ4n) is 4.31. The fourth-order valence-corrected chi connectivity index (χ4v) is 4.31. The number of hydrogen-bond donors (Lipinski definition) is 2. The second kappa shape index (κ2) is 9.88. The number of hydrogen-bond acceptors (Lipinski definition) is 9. The van der Waals surface area contributed by atoms with E-state index >= 15 is 0 Å². The second-order valence-electron chi connectivity index (χ2n) is 8.95. The van der Waals surface area contributed by atoms with Gasteiger partial charge < -0.3 is 25.3 Å². The molecule has 4 aromatic rings. The zero-order chi connectivity index (χ0) is 25.2. The molecule has 1 fully saturated rings. The monoisotopic (exact) mass is 487 g/mol. The largest absolute Gasteiger partial charge is 0.479 e. The van der Waals surface area contributed by atoms with E-state index in [1.54, 1.807) is 18.7 Å². The minimum Gasteiger partial charge on any atom is -0.479 e. The number of nitrogens with two attached hydrogens (primary N) is 1. The number of rotatable bonds is 7. The predicted molar refractivity (Wildman–Crippen MR) is 137 cm³/mol. The number of fused-ring (bicyclic) bond motifs is 1. The number of piperazine rings is 1. The lowest BCUT2D eigenvalue weighted by Crippen LogP contribution is -2.43. The Balaban J connectivity index is 1.43. The molecule has 4 heterocycles. The Morgan fingerprint density at radius 2 is 1.83 bits per heavy atom. The molecule has 36 heavy (non-hydrogen) atoms. The third kappa shape index (κ3) is 4.70. The number of primary amides is 1. The maximum atomic E-state index is 12.4. The molecule has 0 aliphatic carbocycles. The van der Waals surface area contributed by atoms with Crippen LogP contribution in [0, 0.1) is 0 Å². The number of anilines is 2. The number of aryl methyl sites for hydroxylation is 1. The average Bonchev–Trinajstić information content (AvgIpc) is 3.27. The van der Waals surface area contributed by atoms with E-state index in [0.717, 1.165) is 43.9 Å². The summed E-state index contributed by atoms with van der Waals surface area (Å²) in [6.45, 7) is 5.17. The summed E-state index contributed by atoms with van der Waals surface area (Å²) in [6.07, 6.45) is 5.02. The Morgan fingerprint density at radius 1 is 1.08 bits per heavy atom. The molecule has 11 nitrogen and oxygen atoms in total. The van der Waals surface area contributed by atoms with Crippen LogP contribution in [0.15, 0.2) is 43.0 Å². The molecule has 1 amide bonds. The molecule has 11 heteroatoms. The minimum atomic E-state index is -0.707. The summed E-state index contributed by atoms with van der Waals surface area (Å²) < 4.78 is 7.39. The molecule has 0 atom stereocenters. The summed E-state index contributed by atoms with van der Waals surface area (Å²) in [5.74, 6) is -0.257. The quantitative estimate of drug-likeness (QED) is 0.402. The highest BCUT2D eigenvalue weighted by Gasteiger charge is 2.22. The van der Waals surface area contributed by atoms with Crippen molar-refractivity contribution in [2.45, 2.75) is 6.54 Å². The normalized spacial score (nSPS) is 14.8. The van der Waals surface area contributed by atoms with Gasteiger partial charge in [-0.2, -0.15) is 4.98 Å². The van der Waals surface area contributed by atoms with E-state index in [2.05, 4.69) is 54.2 Å². The number of aromatic nitrogens is 5. The van der Waals surface area contributed by atoms with E-state index in [0.29, 0.717) is 16.8 Å². The topological polar surface area (TPSA) is 127 Å². The Bertz CT molecular complexity index is 1390. The number of methoxy groups -OCH3 is 1. The number of nitrogens with one attached hydrogen (secondary N) is 1. The number of imidazole rings is 1. The lowest BCUT2D eigenvalue weighted by atomic mass is 10.1. The van der Waals surface area contributed by atoms with Crippen LogP contribution in [0.2, 0.25) is 0 Å². The van der Waals surface area contributed by atoms with Gasteiger partial charge in [-0.15, -0.1) is 0 Å². The van der Waals surface area contributed by atoms with Crippen molar-refractivity contribution in [2.24, 2.45) is 12.8 Å². The molecule has 5 rings (SSSR count). The fraction of sp³-hybridized carbons (Fsp3) is 0.320. The summed E-state index contributed by atoms with van der Waals surface area (Å²) in [6, 6.07) is 8.04. The third-order valence-electron chi connectivity index (χ3n) is 6.40. The minimum absolute atomic E-state index is 0.000229. The van der Waals surface area contributed by atoms with Crippen molar-refractivity contribution in [3.8, 4) is 17.1 Å². The molecule has 1 aromatic carbocycles. The van der Waals surface area contributed by atoms with Gasteiger partial charge in [0.2, 0.25) is 5.88 Å². The lowest BCUT2D eigenvalue weighted by Gasteiger charge is -2.32. The Labute approximate surface area is 208 Å². The van der Waals surface area contributed by atoms with Crippen LogP contribution in [0.4, 0.5) is 11.5 Å². The first kappa shape index (κ1) is 23.6. The number of carbonyl (C=O) groups is 1. The highest BCUT2D eigenvalue weighted by atomic mass is 16.5. The van der Waals surface area contributed by atoms with Gasteiger partial charge in [-0.05, 0) is 24.7 Å². The van der Waals surface area contributed by atoms with Crippen LogP contribution in [0.1, 0.15) is 16.1 Å². The van der Waals surface area contributed by atoms with Crippen LogP contribution in [0.5, 0.6) is 5.88 Å².